The number of hydrogen-bond donors (Lipinski definition) is 1. The molecule has 2 aromatic rings. The Labute approximate surface area is 128 Å². The van der Waals surface area contributed by atoms with Gasteiger partial charge in [-0.2, -0.15) is 0 Å². The number of nitrogens with zero attached hydrogens (tertiary/aromatic N) is 1. The van der Waals surface area contributed by atoms with E-state index in [9.17, 15) is 4.79 Å². The van der Waals surface area contributed by atoms with Gasteiger partial charge in [-0.05, 0) is 30.7 Å². The molecule has 0 aliphatic carbocycles. The van der Waals surface area contributed by atoms with Gasteiger partial charge in [-0.25, -0.2) is 0 Å². The lowest BCUT2D eigenvalue weighted by molar-refractivity contribution is 0.0747. The molecule has 0 aliphatic rings. The normalized spacial score (nSPS) is 10.5. The lowest BCUT2D eigenvalue weighted by atomic mass is 10.2. The van der Waals surface area contributed by atoms with E-state index >= 15 is 0 Å². The Hall–Kier alpha value is -1.36. The minimum absolute atomic E-state index is 0.0132. The summed E-state index contributed by atoms with van der Waals surface area (Å²) in [7, 11) is 0. The standard InChI is InChI=1S/C15H17ClN2OS/c16-14-8-7-13(20-14)15(19)18(10-4-9-17)11-12-5-2-1-3-6-12/h1-3,5-8H,4,9-11,17H2. The fourth-order valence-corrected chi connectivity index (χ4v) is 2.93. The van der Waals surface area contributed by atoms with Gasteiger partial charge in [0.05, 0.1) is 9.21 Å². The first-order valence-corrected chi connectivity index (χ1v) is 7.69. The predicted octanol–water partition coefficient (Wildman–Crippen LogP) is 3.39. The highest BCUT2D eigenvalue weighted by molar-refractivity contribution is 7.17. The molecule has 0 bridgehead atoms. The van der Waals surface area contributed by atoms with Crippen LogP contribution >= 0.6 is 22.9 Å². The summed E-state index contributed by atoms with van der Waals surface area (Å²) in [6, 6.07) is 13.5. The Balaban J connectivity index is 2.12. The molecule has 1 aromatic heterocycles. The zero-order chi connectivity index (χ0) is 14.4. The minimum atomic E-state index is 0.0132. The van der Waals surface area contributed by atoms with Crippen LogP contribution in [-0.4, -0.2) is 23.9 Å². The van der Waals surface area contributed by atoms with Gasteiger partial charge < -0.3 is 10.6 Å². The third-order valence-electron chi connectivity index (χ3n) is 2.92. The Morgan fingerprint density at radius 2 is 1.95 bits per heavy atom. The fourth-order valence-electron chi connectivity index (χ4n) is 1.92. The summed E-state index contributed by atoms with van der Waals surface area (Å²) in [6.45, 7) is 1.82. The predicted molar refractivity (Wildman–Crippen MR) is 84.2 cm³/mol. The van der Waals surface area contributed by atoms with Gasteiger partial charge in [0.15, 0.2) is 0 Å². The first-order chi connectivity index (χ1) is 9.70. The van der Waals surface area contributed by atoms with Crippen LogP contribution in [0.5, 0.6) is 0 Å². The molecule has 1 heterocycles. The van der Waals surface area contributed by atoms with E-state index in [1.807, 2.05) is 35.2 Å². The maximum absolute atomic E-state index is 12.5. The Morgan fingerprint density at radius 1 is 1.20 bits per heavy atom. The number of thiophene rings is 1. The van der Waals surface area contributed by atoms with E-state index in [1.54, 1.807) is 12.1 Å². The molecule has 0 aliphatic heterocycles. The summed E-state index contributed by atoms with van der Waals surface area (Å²) in [5, 5.41) is 0. The van der Waals surface area contributed by atoms with Crippen LogP contribution in [-0.2, 0) is 6.54 Å². The zero-order valence-electron chi connectivity index (χ0n) is 11.1. The van der Waals surface area contributed by atoms with Crippen LogP contribution in [0.4, 0.5) is 0 Å². The van der Waals surface area contributed by atoms with Crippen molar-refractivity contribution >= 4 is 28.8 Å². The molecule has 5 heteroatoms. The molecule has 2 rings (SSSR count). The molecule has 0 spiro atoms. The Morgan fingerprint density at radius 3 is 2.55 bits per heavy atom. The molecule has 0 saturated heterocycles. The number of rotatable bonds is 6. The molecule has 0 radical (unpaired) electrons. The quantitative estimate of drug-likeness (QED) is 0.889. The largest absolute Gasteiger partial charge is 0.334 e. The maximum Gasteiger partial charge on any atom is 0.264 e. The lowest BCUT2D eigenvalue weighted by Gasteiger charge is -2.22. The third kappa shape index (κ3) is 4.07. The maximum atomic E-state index is 12.5. The fraction of sp³-hybridized carbons (Fsp3) is 0.267. The second-order valence-electron chi connectivity index (χ2n) is 4.46. The van der Waals surface area contributed by atoms with Crippen molar-refractivity contribution in [3.8, 4) is 0 Å². The van der Waals surface area contributed by atoms with E-state index in [-0.39, 0.29) is 5.91 Å². The van der Waals surface area contributed by atoms with Crippen molar-refractivity contribution in [2.75, 3.05) is 13.1 Å². The van der Waals surface area contributed by atoms with Crippen LogP contribution in [0.2, 0.25) is 4.34 Å². The number of carbonyl (C=O) groups is 1. The molecule has 1 amide bonds. The van der Waals surface area contributed by atoms with E-state index in [0.29, 0.717) is 28.8 Å². The molecule has 0 atom stereocenters. The monoisotopic (exact) mass is 308 g/mol. The second kappa shape index (κ2) is 7.43. The Bertz CT molecular complexity index is 556. The van der Waals surface area contributed by atoms with Gasteiger partial charge in [-0.1, -0.05) is 41.9 Å². The van der Waals surface area contributed by atoms with E-state index in [4.69, 9.17) is 17.3 Å². The van der Waals surface area contributed by atoms with Crippen LogP contribution in [0, 0.1) is 0 Å². The SMILES string of the molecule is NCCCN(Cc1ccccc1)C(=O)c1ccc(Cl)s1. The van der Waals surface area contributed by atoms with Gasteiger partial charge in [0.25, 0.3) is 5.91 Å². The van der Waals surface area contributed by atoms with Crippen molar-refractivity contribution in [2.24, 2.45) is 5.73 Å². The molecule has 3 nitrogen and oxygen atoms in total. The van der Waals surface area contributed by atoms with Gasteiger partial charge in [0, 0.05) is 13.1 Å². The topological polar surface area (TPSA) is 46.3 Å². The molecule has 20 heavy (non-hydrogen) atoms. The Kier molecular flexibility index (Phi) is 5.59. The summed E-state index contributed by atoms with van der Waals surface area (Å²) in [6.07, 6.45) is 0.789. The van der Waals surface area contributed by atoms with Crippen LogP contribution < -0.4 is 5.73 Å². The molecule has 0 fully saturated rings. The zero-order valence-corrected chi connectivity index (χ0v) is 12.7. The minimum Gasteiger partial charge on any atom is -0.334 e. The molecule has 0 saturated carbocycles. The molecule has 1 aromatic carbocycles. The van der Waals surface area contributed by atoms with E-state index < -0.39 is 0 Å². The van der Waals surface area contributed by atoms with Crippen molar-refractivity contribution in [1.82, 2.24) is 4.90 Å². The summed E-state index contributed by atoms with van der Waals surface area (Å²) in [5.74, 6) is 0.0132. The number of carbonyl (C=O) groups excluding carboxylic acids is 1. The smallest absolute Gasteiger partial charge is 0.264 e. The average molecular weight is 309 g/mol. The van der Waals surface area contributed by atoms with Gasteiger partial charge in [0.2, 0.25) is 0 Å². The van der Waals surface area contributed by atoms with Gasteiger partial charge in [0.1, 0.15) is 0 Å². The summed E-state index contributed by atoms with van der Waals surface area (Å²) in [4.78, 5) is 15.0. The van der Waals surface area contributed by atoms with Crippen LogP contribution in [0.25, 0.3) is 0 Å². The van der Waals surface area contributed by atoms with Crippen LogP contribution in [0.3, 0.4) is 0 Å². The van der Waals surface area contributed by atoms with E-state index in [0.717, 1.165) is 12.0 Å². The lowest BCUT2D eigenvalue weighted by Crippen LogP contribution is -2.32. The highest BCUT2D eigenvalue weighted by atomic mass is 35.5. The van der Waals surface area contributed by atoms with Crippen LogP contribution in [0.1, 0.15) is 21.7 Å². The summed E-state index contributed by atoms with van der Waals surface area (Å²) < 4.78 is 0.631. The summed E-state index contributed by atoms with van der Waals surface area (Å²) >= 11 is 7.21. The van der Waals surface area contributed by atoms with Gasteiger partial charge in [-0.15, -0.1) is 11.3 Å². The van der Waals surface area contributed by atoms with Crippen molar-refractivity contribution in [1.29, 1.82) is 0 Å². The molecule has 106 valence electrons. The third-order valence-corrected chi connectivity index (χ3v) is 4.14. The van der Waals surface area contributed by atoms with Crippen molar-refractivity contribution < 1.29 is 4.79 Å². The van der Waals surface area contributed by atoms with Gasteiger partial charge in [-0.3, -0.25) is 4.79 Å². The van der Waals surface area contributed by atoms with Crippen molar-refractivity contribution in [3.63, 3.8) is 0 Å². The van der Waals surface area contributed by atoms with E-state index in [2.05, 4.69) is 0 Å². The molecular weight excluding hydrogens is 292 g/mol. The number of benzene rings is 1. The molecular formula is C15H17ClN2OS. The van der Waals surface area contributed by atoms with Crippen molar-refractivity contribution in [2.45, 2.75) is 13.0 Å². The first kappa shape index (κ1) is 15.0. The highest BCUT2D eigenvalue weighted by Crippen LogP contribution is 2.23. The molecule has 0 unspecified atom stereocenters. The average Bonchev–Trinajstić information content (AvgIpc) is 2.90. The van der Waals surface area contributed by atoms with Crippen molar-refractivity contribution in [3.05, 3.63) is 57.2 Å². The first-order valence-electron chi connectivity index (χ1n) is 6.49. The van der Waals surface area contributed by atoms with Gasteiger partial charge >= 0.3 is 0 Å². The second-order valence-corrected chi connectivity index (χ2v) is 6.17. The number of amides is 1. The summed E-state index contributed by atoms with van der Waals surface area (Å²) in [5.41, 5.74) is 6.67. The molecule has 2 N–H and O–H groups in total. The number of nitrogens with two attached hydrogens (primary N) is 1. The number of hydrogen-bond acceptors (Lipinski definition) is 3. The van der Waals surface area contributed by atoms with Crippen LogP contribution in [0.15, 0.2) is 42.5 Å². The van der Waals surface area contributed by atoms with E-state index in [1.165, 1.54) is 11.3 Å². The number of halogens is 1. The highest BCUT2D eigenvalue weighted by Gasteiger charge is 2.17.